The van der Waals surface area contributed by atoms with Gasteiger partial charge in [0.1, 0.15) is 5.84 Å². The number of hydrogen-bond acceptors (Lipinski definition) is 5. The number of rotatable bonds is 8. The van der Waals surface area contributed by atoms with Gasteiger partial charge < -0.3 is 20.9 Å². The zero-order chi connectivity index (χ0) is 22.2. The summed E-state index contributed by atoms with van der Waals surface area (Å²) in [5.74, 6) is -0.439. The lowest BCUT2D eigenvalue weighted by Gasteiger charge is -2.17. The zero-order valence-electron chi connectivity index (χ0n) is 16.8. The zero-order valence-corrected chi connectivity index (χ0v) is 16.8. The van der Waals surface area contributed by atoms with E-state index in [-0.39, 0.29) is 18.3 Å². The summed E-state index contributed by atoms with van der Waals surface area (Å²) in [4.78, 5) is 30.6. The lowest BCUT2D eigenvalue weighted by molar-refractivity contribution is -0.139. The molecular weight excluding hydrogens is 400 g/mol. The van der Waals surface area contributed by atoms with Gasteiger partial charge >= 0.3 is 6.09 Å². The Hall–Kier alpha value is -4.05. The van der Waals surface area contributed by atoms with Gasteiger partial charge in [0.25, 0.3) is 5.91 Å². The number of ether oxygens (including phenoxy) is 1. The lowest BCUT2D eigenvalue weighted by atomic mass is 10.1. The number of aromatic nitrogens is 3. The largest absolute Gasteiger partial charge is 0.463 e. The summed E-state index contributed by atoms with van der Waals surface area (Å²) < 4.78 is 7.08. The number of carbonyl (C=O) groups is 2. The molecular formula is C21H22N6O4. The van der Waals surface area contributed by atoms with Gasteiger partial charge in [-0.2, -0.15) is 10.1 Å². The maximum atomic E-state index is 12.7. The highest BCUT2D eigenvalue weighted by molar-refractivity contribution is 6.02. The fourth-order valence-electron chi connectivity index (χ4n) is 2.81. The highest BCUT2D eigenvalue weighted by atomic mass is 16.5. The van der Waals surface area contributed by atoms with E-state index in [9.17, 15) is 9.59 Å². The molecule has 3 aromatic rings. The third-order valence-corrected chi connectivity index (χ3v) is 4.31. The van der Waals surface area contributed by atoms with Gasteiger partial charge in [-0.05, 0) is 30.7 Å². The maximum absolute atomic E-state index is 12.7. The van der Waals surface area contributed by atoms with E-state index in [1.807, 2.05) is 12.1 Å². The van der Waals surface area contributed by atoms with Crippen molar-refractivity contribution in [3.05, 3.63) is 72.2 Å². The van der Waals surface area contributed by atoms with Crippen LogP contribution in [0.25, 0.3) is 11.3 Å². The number of amides is 2. The summed E-state index contributed by atoms with van der Waals surface area (Å²) >= 11 is 0. The molecule has 0 saturated carbocycles. The Bertz CT molecular complexity index is 1060. The Morgan fingerprint density at radius 3 is 2.55 bits per heavy atom. The van der Waals surface area contributed by atoms with Gasteiger partial charge in [-0.1, -0.05) is 24.3 Å². The van der Waals surface area contributed by atoms with Gasteiger partial charge in [-0.15, -0.1) is 0 Å². The maximum Gasteiger partial charge on any atom is 0.433 e. The number of nitrogens with zero attached hydrogens (tertiary/aromatic N) is 4. The molecule has 0 fully saturated rings. The molecule has 2 aromatic heterocycles. The van der Waals surface area contributed by atoms with Crippen molar-refractivity contribution in [3.63, 3.8) is 0 Å². The lowest BCUT2D eigenvalue weighted by Crippen LogP contribution is -2.34. The molecule has 0 aliphatic rings. The Balaban J connectivity index is 1.66. The second-order valence-corrected chi connectivity index (χ2v) is 6.42. The number of benzene rings is 1. The fraction of sp³-hybridized carbons (Fsp3) is 0.190. The molecule has 1 aromatic carbocycles. The highest BCUT2D eigenvalue weighted by Gasteiger charge is 2.21. The molecule has 10 heteroatoms. The predicted octanol–water partition coefficient (Wildman–Crippen LogP) is 2.18. The van der Waals surface area contributed by atoms with E-state index in [0.717, 1.165) is 11.1 Å². The van der Waals surface area contributed by atoms with Gasteiger partial charge in [-0.3, -0.25) is 9.78 Å². The van der Waals surface area contributed by atoms with E-state index in [0.29, 0.717) is 17.9 Å². The van der Waals surface area contributed by atoms with Crippen LogP contribution in [0, 0.1) is 0 Å². The van der Waals surface area contributed by atoms with E-state index >= 15 is 0 Å². The molecule has 2 heterocycles. The Morgan fingerprint density at radius 1 is 1.19 bits per heavy atom. The van der Waals surface area contributed by atoms with E-state index in [1.165, 1.54) is 4.68 Å². The van der Waals surface area contributed by atoms with Crippen LogP contribution in [0.1, 0.15) is 24.3 Å². The minimum absolute atomic E-state index is 0.0943. The molecule has 0 spiro atoms. The van der Waals surface area contributed by atoms with Crippen LogP contribution in [-0.4, -0.2) is 44.3 Å². The van der Waals surface area contributed by atoms with Gasteiger partial charge in [0.2, 0.25) is 6.23 Å². The molecule has 10 nitrogen and oxygen atoms in total. The molecule has 0 aliphatic heterocycles. The molecule has 160 valence electrons. The van der Waals surface area contributed by atoms with Crippen LogP contribution in [0.2, 0.25) is 0 Å². The van der Waals surface area contributed by atoms with E-state index in [2.05, 4.69) is 20.4 Å². The van der Waals surface area contributed by atoms with Crippen LogP contribution in [0.4, 0.5) is 4.79 Å². The Kier molecular flexibility index (Phi) is 7.07. The quantitative estimate of drug-likeness (QED) is 0.373. The minimum Gasteiger partial charge on any atom is -0.463 e. The molecule has 1 unspecified atom stereocenters. The second-order valence-electron chi connectivity index (χ2n) is 6.42. The third-order valence-electron chi connectivity index (χ3n) is 4.31. The van der Waals surface area contributed by atoms with Crippen molar-refractivity contribution in [1.29, 1.82) is 0 Å². The summed E-state index contributed by atoms with van der Waals surface area (Å²) in [7, 11) is 0. The van der Waals surface area contributed by atoms with Crippen LogP contribution >= 0.6 is 0 Å². The van der Waals surface area contributed by atoms with Gasteiger partial charge in [0.15, 0.2) is 0 Å². The molecule has 2 amide bonds. The van der Waals surface area contributed by atoms with Crippen molar-refractivity contribution < 1.29 is 19.4 Å². The van der Waals surface area contributed by atoms with Crippen molar-refractivity contribution in [2.24, 2.45) is 10.7 Å². The first-order valence-electron chi connectivity index (χ1n) is 9.49. The van der Waals surface area contributed by atoms with Crippen molar-refractivity contribution in [2.45, 2.75) is 19.7 Å². The molecule has 0 aliphatic carbocycles. The number of aliphatic imine (C=N–C) groups is 1. The van der Waals surface area contributed by atoms with Crippen molar-refractivity contribution in [3.8, 4) is 11.3 Å². The highest BCUT2D eigenvalue weighted by Crippen LogP contribution is 2.18. The Labute approximate surface area is 178 Å². The molecule has 0 saturated heterocycles. The summed E-state index contributed by atoms with van der Waals surface area (Å²) in [6, 6.07) is 12.2. The first kappa shape index (κ1) is 21.7. The van der Waals surface area contributed by atoms with E-state index < -0.39 is 12.3 Å². The molecule has 4 N–H and O–H groups in total. The molecule has 31 heavy (non-hydrogen) atoms. The van der Waals surface area contributed by atoms with E-state index in [1.54, 1.807) is 55.8 Å². The first-order chi connectivity index (χ1) is 15.0. The fourth-order valence-corrected chi connectivity index (χ4v) is 2.81. The summed E-state index contributed by atoms with van der Waals surface area (Å²) in [6.07, 6.45) is 2.76. The number of hydrogen-bond donors (Lipinski definition) is 3. The van der Waals surface area contributed by atoms with Gasteiger partial charge in [0.05, 0.1) is 5.69 Å². The van der Waals surface area contributed by atoms with Crippen LogP contribution in [0.5, 0.6) is 0 Å². The van der Waals surface area contributed by atoms with Crippen LogP contribution in [0.15, 0.2) is 66.0 Å². The number of amidine groups is 1. The van der Waals surface area contributed by atoms with Crippen LogP contribution in [-0.2, 0) is 16.1 Å². The smallest absolute Gasteiger partial charge is 0.433 e. The standard InChI is InChI=1S/C21H22N6O4/c1-2-31-20(27-12-9-17(26-27)15-7-10-23-11-8-15)19(28)24-13-14-3-5-16(6-4-14)18(22)25-21(29)30/h3-12,20H,2,13H2,1H3,(H2,22,25)(H,24,28)(H,29,30). The minimum atomic E-state index is -1.36. The van der Waals surface area contributed by atoms with Crippen molar-refractivity contribution in [1.82, 2.24) is 20.1 Å². The molecule has 0 bridgehead atoms. The van der Waals surface area contributed by atoms with Gasteiger partial charge in [-0.25, -0.2) is 9.48 Å². The SMILES string of the molecule is CCOC(C(=O)NCc1ccc(/C(N)=N/C(=O)O)cc1)n1ccc(-c2ccncc2)n1. The predicted molar refractivity (Wildman–Crippen MR) is 113 cm³/mol. The number of carboxylic acid groups (broad SMARTS) is 1. The van der Waals surface area contributed by atoms with Crippen LogP contribution in [0.3, 0.4) is 0 Å². The first-order valence-corrected chi connectivity index (χ1v) is 9.49. The number of pyridine rings is 1. The summed E-state index contributed by atoms with van der Waals surface area (Å²) in [6.45, 7) is 2.38. The molecule has 3 rings (SSSR count). The monoisotopic (exact) mass is 422 g/mol. The van der Waals surface area contributed by atoms with Crippen molar-refractivity contribution in [2.75, 3.05) is 6.61 Å². The third kappa shape index (κ3) is 5.73. The average Bonchev–Trinajstić information content (AvgIpc) is 3.26. The second kappa shape index (κ2) is 10.1. The van der Waals surface area contributed by atoms with Gasteiger partial charge in [0, 0.05) is 42.9 Å². The number of nitrogens with one attached hydrogen (secondary N) is 1. The molecule has 1 atom stereocenters. The molecule has 0 radical (unpaired) electrons. The number of nitrogens with two attached hydrogens (primary N) is 1. The average molecular weight is 422 g/mol. The summed E-state index contributed by atoms with van der Waals surface area (Å²) in [5, 5.41) is 15.9. The topological polar surface area (TPSA) is 145 Å². The number of carbonyl (C=O) groups excluding carboxylic acids is 1. The summed E-state index contributed by atoms with van der Waals surface area (Å²) in [5.41, 5.74) is 8.48. The Morgan fingerprint density at radius 2 is 1.90 bits per heavy atom. The van der Waals surface area contributed by atoms with Crippen molar-refractivity contribution >= 4 is 17.8 Å². The van der Waals surface area contributed by atoms with E-state index in [4.69, 9.17) is 15.6 Å². The normalized spacial score (nSPS) is 12.4. The van der Waals surface area contributed by atoms with Crippen LogP contribution < -0.4 is 11.1 Å².